The van der Waals surface area contributed by atoms with Crippen LogP contribution in [0.15, 0.2) is 29.3 Å². The van der Waals surface area contributed by atoms with Crippen LogP contribution in [0.5, 0.6) is 0 Å². The summed E-state index contributed by atoms with van der Waals surface area (Å²) in [5.74, 6) is 0.976. The van der Waals surface area contributed by atoms with Gasteiger partial charge in [0, 0.05) is 33.2 Å². The topological polar surface area (TPSA) is 30.9 Å². The molecule has 0 saturated carbocycles. The Hall–Kier alpha value is -1.03. The van der Waals surface area contributed by atoms with Crippen molar-refractivity contribution in [3.05, 3.63) is 35.4 Å². The molecule has 1 saturated heterocycles. The van der Waals surface area contributed by atoms with Gasteiger partial charge in [-0.1, -0.05) is 31.2 Å². The van der Waals surface area contributed by atoms with Crippen molar-refractivity contribution in [2.45, 2.75) is 39.4 Å². The molecular weight excluding hydrogens is 480 g/mol. The number of likely N-dealkylation sites (tertiary alicyclic amines) is 1. The smallest absolute Gasteiger partial charge is 0.357 e. The third-order valence-electron chi connectivity index (χ3n) is 4.82. The summed E-state index contributed by atoms with van der Waals surface area (Å²) in [5, 5.41) is 3.28. The zero-order chi connectivity index (χ0) is 19.9. The minimum atomic E-state index is -4.12. The fourth-order valence-corrected chi connectivity index (χ4v) is 3.37. The molecule has 1 aliphatic heterocycles. The minimum Gasteiger partial charge on any atom is -0.357 e. The molecule has 1 aromatic rings. The Morgan fingerprint density at radius 1 is 1.21 bits per heavy atom. The van der Waals surface area contributed by atoms with Crippen LogP contribution in [0, 0.1) is 5.92 Å². The number of alkyl halides is 3. The van der Waals surface area contributed by atoms with Gasteiger partial charge in [-0.2, -0.15) is 13.2 Å². The van der Waals surface area contributed by atoms with Crippen molar-refractivity contribution in [3.63, 3.8) is 0 Å². The van der Waals surface area contributed by atoms with E-state index in [2.05, 4.69) is 46.4 Å². The van der Waals surface area contributed by atoms with Crippen LogP contribution in [0.2, 0.25) is 0 Å². The fraction of sp³-hybridized carbons (Fsp3) is 0.650. The molecule has 1 atom stereocenters. The lowest BCUT2D eigenvalue weighted by Crippen LogP contribution is -2.39. The lowest BCUT2D eigenvalue weighted by molar-refractivity contribution is -0.143. The molecule has 4 nitrogen and oxygen atoms in total. The SMILES string of the molecule is CCNC(=NCC1CCN(CC(F)(F)F)C1)N(C)Cc1ccc(CC)cc1.I. The Balaban J connectivity index is 0.00000392. The van der Waals surface area contributed by atoms with Crippen molar-refractivity contribution >= 4 is 29.9 Å². The monoisotopic (exact) mass is 512 g/mol. The number of aliphatic imine (C=N–C) groups is 1. The maximum absolute atomic E-state index is 12.5. The number of benzene rings is 1. The summed E-state index contributed by atoms with van der Waals surface area (Å²) >= 11 is 0. The van der Waals surface area contributed by atoms with Crippen molar-refractivity contribution < 1.29 is 13.2 Å². The predicted molar refractivity (Wildman–Crippen MR) is 119 cm³/mol. The molecule has 0 spiro atoms. The van der Waals surface area contributed by atoms with Crippen LogP contribution < -0.4 is 5.32 Å². The molecule has 0 aliphatic carbocycles. The third kappa shape index (κ3) is 8.55. The first-order valence-corrected chi connectivity index (χ1v) is 9.67. The van der Waals surface area contributed by atoms with Crippen LogP contribution in [0.25, 0.3) is 0 Å². The normalized spacial score (nSPS) is 18.1. The Kier molecular flexibility index (Phi) is 10.6. The molecule has 0 bridgehead atoms. The molecule has 2 rings (SSSR count). The molecule has 0 amide bonds. The van der Waals surface area contributed by atoms with E-state index in [0.29, 0.717) is 19.6 Å². The molecule has 28 heavy (non-hydrogen) atoms. The molecule has 1 unspecified atom stereocenters. The van der Waals surface area contributed by atoms with Crippen LogP contribution in [0.4, 0.5) is 13.2 Å². The van der Waals surface area contributed by atoms with Crippen LogP contribution in [-0.2, 0) is 13.0 Å². The summed E-state index contributed by atoms with van der Waals surface area (Å²) in [6.45, 7) is 6.33. The Labute approximate surface area is 183 Å². The molecule has 160 valence electrons. The van der Waals surface area contributed by atoms with Gasteiger partial charge in [0.2, 0.25) is 0 Å². The summed E-state index contributed by atoms with van der Waals surface area (Å²) < 4.78 is 37.6. The van der Waals surface area contributed by atoms with Gasteiger partial charge in [0.1, 0.15) is 0 Å². The van der Waals surface area contributed by atoms with Crippen LogP contribution in [-0.4, -0.2) is 61.7 Å². The standard InChI is InChI=1S/C20H31F3N4.HI/c1-4-16-6-8-17(9-7-16)13-26(3)19(24-5-2)25-12-18-10-11-27(14-18)15-20(21,22)23;/h6-9,18H,4-5,10-15H2,1-3H3,(H,24,25);1H. The second-order valence-corrected chi connectivity index (χ2v) is 7.23. The van der Waals surface area contributed by atoms with E-state index in [9.17, 15) is 13.2 Å². The van der Waals surface area contributed by atoms with Crippen LogP contribution in [0.3, 0.4) is 0 Å². The second kappa shape index (κ2) is 11.8. The van der Waals surface area contributed by atoms with E-state index < -0.39 is 12.7 Å². The summed E-state index contributed by atoms with van der Waals surface area (Å²) in [7, 11) is 1.99. The summed E-state index contributed by atoms with van der Waals surface area (Å²) in [5.41, 5.74) is 2.52. The highest BCUT2D eigenvalue weighted by molar-refractivity contribution is 14.0. The van der Waals surface area contributed by atoms with Gasteiger partial charge in [0.25, 0.3) is 0 Å². The Bertz CT molecular complexity index is 604. The van der Waals surface area contributed by atoms with Gasteiger partial charge >= 0.3 is 6.18 Å². The Morgan fingerprint density at radius 3 is 2.43 bits per heavy atom. The van der Waals surface area contributed by atoms with Gasteiger partial charge in [0.05, 0.1) is 6.54 Å². The average molecular weight is 512 g/mol. The van der Waals surface area contributed by atoms with E-state index in [1.54, 1.807) is 0 Å². The molecule has 1 aromatic carbocycles. The molecular formula is C20H32F3IN4. The predicted octanol–water partition coefficient (Wildman–Crippen LogP) is 4.15. The number of hydrogen-bond acceptors (Lipinski definition) is 2. The van der Waals surface area contributed by atoms with E-state index in [4.69, 9.17) is 0 Å². The highest BCUT2D eigenvalue weighted by Crippen LogP contribution is 2.23. The summed E-state index contributed by atoms with van der Waals surface area (Å²) in [6.07, 6.45) is -2.34. The van der Waals surface area contributed by atoms with Gasteiger partial charge in [-0.05, 0) is 43.4 Å². The van der Waals surface area contributed by atoms with E-state index in [0.717, 1.165) is 31.9 Å². The number of halogens is 4. The third-order valence-corrected chi connectivity index (χ3v) is 4.82. The van der Waals surface area contributed by atoms with Gasteiger partial charge < -0.3 is 10.2 Å². The van der Waals surface area contributed by atoms with E-state index in [1.165, 1.54) is 16.0 Å². The van der Waals surface area contributed by atoms with Gasteiger partial charge in [0.15, 0.2) is 5.96 Å². The highest BCUT2D eigenvalue weighted by atomic mass is 127. The molecule has 1 N–H and O–H groups in total. The van der Waals surface area contributed by atoms with Gasteiger partial charge in [-0.25, -0.2) is 0 Å². The number of guanidine groups is 1. The van der Waals surface area contributed by atoms with Crippen molar-refractivity contribution in [3.8, 4) is 0 Å². The van der Waals surface area contributed by atoms with Crippen molar-refractivity contribution in [1.82, 2.24) is 15.1 Å². The lowest BCUT2D eigenvalue weighted by atomic mass is 10.1. The number of nitrogens with one attached hydrogen (secondary N) is 1. The number of aryl methyl sites for hydroxylation is 1. The van der Waals surface area contributed by atoms with Gasteiger partial charge in [-0.15, -0.1) is 24.0 Å². The van der Waals surface area contributed by atoms with E-state index >= 15 is 0 Å². The first-order chi connectivity index (χ1) is 12.8. The van der Waals surface area contributed by atoms with E-state index in [1.807, 2.05) is 14.0 Å². The molecule has 1 heterocycles. The maximum atomic E-state index is 12.5. The first kappa shape index (κ1) is 25.0. The van der Waals surface area contributed by atoms with Crippen molar-refractivity contribution in [2.75, 3.05) is 39.8 Å². The molecule has 0 radical (unpaired) electrons. The summed E-state index contributed by atoms with van der Waals surface area (Å²) in [4.78, 5) is 8.22. The quantitative estimate of drug-likeness (QED) is 0.339. The zero-order valence-corrected chi connectivity index (χ0v) is 19.3. The van der Waals surface area contributed by atoms with Gasteiger partial charge in [-0.3, -0.25) is 9.89 Å². The van der Waals surface area contributed by atoms with Crippen LogP contribution >= 0.6 is 24.0 Å². The van der Waals surface area contributed by atoms with E-state index in [-0.39, 0.29) is 29.9 Å². The Morgan fingerprint density at radius 2 is 1.86 bits per heavy atom. The largest absolute Gasteiger partial charge is 0.401 e. The maximum Gasteiger partial charge on any atom is 0.401 e. The van der Waals surface area contributed by atoms with Crippen molar-refractivity contribution in [1.29, 1.82) is 0 Å². The fourth-order valence-electron chi connectivity index (χ4n) is 3.37. The highest BCUT2D eigenvalue weighted by Gasteiger charge is 2.34. The minimum absolute atomic E-state index is 0. The average Bonchev–Trinajstić information content (AvgIpc) is 3.04. The number of rotatable bonds is 7. The summed E-state index contributed by atoms with van der Waals surface area (Å²) in [6, 6.07) is 8.54. The molecule has 1 aliphatic rings. The first-order valence-electron chi connectivity index (χ1n) is 9.67. The lowest BCUT2D eigenvalue weighted by Gasteiger charge is -2.23. The zero-order valence-electron chi connectivity index (χ0n) is 16.9. The molecule has 8 heteroatoms. The second-order valence-electron chi connectivity index (χ2n) is 7.23. The molecule has 1 fully saturated rings. The number of hydrogen-bond donors (Lipinski definition) is 1. The molecule has 0 aromatic heterocycles. The number of nitrogens with zero attached hydrogens (tertiary/aromatic N) is 3. The van der Waals surface area contributed by atoms with Crippen LogP contribution in [0.1, 0.15) is 31.4 Å². The van der Waals surface area contributed by atoms with Crippen molar-refractivity contribution in [2.24, 2.45) is 10.9 Å².